The Balaban J connectivity index is 2.05. The second-order valence-corrected chi connectivity index (χ2v) is 6.69. The summed E-state index contributed by atoms with van der Waals surface area (Å²) < 4.78 is 0. The average molecular weight is 327 g/mol. The number of anilines is 2. The molecule has 2 nitrogen and oxygen atoms in total. The van der Waals surface area contributed by atoms with Crippen LogP contribution in [0.3, 0.4) is 0 Å². The molecule has 2 N–H and O–H groups in total. The molecule has 1 atom stereocenters. The number of hydrogen-bond donors (Lipinski definition) is 2. The van der Waals surface area contributed by atoms with Crippen molar-refractivity contribution in [2.75, 3.05) is 10.6 Å². The zero-order chi connectivity index (χ0) is 17.0. The first-order valence-electron chi connectivity index (χ1n) is 8.16. The van der Waals surface area contributed by atoms with E-state index in [1.807, 2.05) is 0 Å². The Morgan fingerprint density at radius 1 is 1.00 bits per heavy atom. The molecule has 0 fully saturated rings. The van der Waals surface area contributed by atoms with Crippen molar-refractivity contribution in [3.63, 3.8) is 0 Å². The zero-order valence-electron chi connectivity index (χ0n) is 14.7. The molecule has 0 aromatic heterocycles. The minimum atomic E-state index is 0.590. The molecule has 0 aliphatic heterocycles. The third-order valence-corrected chi connectivity index (χ3v) is 4.47. The molecule has 2 aromatic carbocycles. The Hall–Kier alpha value is -1.87. The second kappa shape index (κ2) is 7.60. The van der Waals surface area contributed by atoms with Crippen LogP contribution in [0.1, 0.15) is 48.4 Å². The van der Waals surface area contributed by atoms with Crippen LogP contribution in [0.15, 0.2) is 36.4 Å². The van der Waals surface area contributed by atoms with E-state index in [0.717, 1.165) is 17.8 Å². The highest BCUT2D eigenvalue weighted by Gasteiger charge is 2.07. The minimum Gasteiger partial charge on any atom is -0.332 e. The van der Waals surface area contributed by atoms with E-state index in [1.165, 1.54) is 22.3 Å². The molecule has 2 aromatic rings. The van der Waals surface area contributed by atoms with Gasteiger partial charge in [-0.25, -0.2) is 0 Å². The summed E-state index contributed by atoms with van der Waals surface area (Å²) in [6.45, 7) is 10.8. The molecule has 3 heteroatoms. The lowest BCUT2D eigenvalue weighted by Gasteiger charge is -2.16. The van der Waals surface area contributed by atoms with Gasteiger partial charge in [-0.15, -0.1) is 0 Å². The highest BCUT2D eigenvalue weighted by molar-refractivity contribution is 7.80. The van der Waals surface area contributed by atoms with Crippen molar-refractivity contribution in [2.45, 2.75) is 47.0 Å². The molecule has 0 spiro atoms. The summed E-state index contributed by atoms with van der Waals surface area (Å²) in [6, 6.07) is 12.8. The second-order valence-electron chi connectivity index (χ2n) is 6.28. The van der Waals surface area contributed by atoms with Crippen LogP contribution in [-0.2, 0) is 0 Å². The molecule has 23 heavy (non-hydrogen) atoms. The summed E-state index contributed by atoms with van der Waals surface area (Å²) in [4.78, 5) is 0. The van der Waals surface area contributed by atoms with Gasteiger partial charge in [-0.2, -0.15) is 0 Å². The van der Waals surface area contributed by atoms with E-state index in [9.17, 15) is 0 Å². The fourth-order valence-electron chi connectivity index (χ4n) is 2.78. The molecule has 0 saturated heterocycles. The lowest BCUT2D eigenvalue weighted by atomic mass is 9.99. The smallest absolute Gasteiger partial charge is 0.175 e. The van der Waals surface area contributed by atoms with Crippen molar-refractivity contribution < 1.29 is 0 Å². The summed E-state index contributed by atoms with van der Waals surface area (Å²) in [5.41, 5.74) is 7.14. The molecule has 0 saturated carbocycles. The van der Waals surface area contributed by atoms with Gasteiger partial charge in [-0.3, -0.25) is 0 Å². The largest absolute Gasteiger partial charge is 0.332 e. The van der Waals surface area contributed by atoms with Gasteiger partial charge in [-0.05, 0) is 74.2 Å². The highest BCUT2D eigenvalue weighted by Crippen LogP contribution is 2.23. The van der Waals surface area contributed by atoms with E-state index < -0.39 is 0 Å². The van der Waals surface area contributed by atoms with Crippen molar-refractivity contribution in [3.8, 4) is 0 Å². The maximum absolute atomic E-state index is 5.46. The molecule has 1 unspecified atom stereocenters. The van der Waals surface area contributed by atoms with Gasteiger partial charge in [0, 0.05) is 11.4 Å². The van der Waals surface area contributed by atoms with Crippen molar-refractivity contribution in [1.82, 2.24) is 0 Å². The van der Waals surface area contributed by atoms with Crippen LogP contribution in [0.2, 0.25) is 0 Å². The van der Waals surface area contributed by atoms with E-state index in [0.29, 0.717) is 11.0 Å². The minimum absolute atomic E-state index is 0.590. The van der Waals surface area contributed by atoms with Gasteiger partial charge in [-0.1, -0.05) is 43.7 Å². The Labute approximate surface area is 145 Å². The quantitative estimate of drug-likeness (QED) is 0.680. The number of benzene rings is 2. The zero-order valence-corrected chi connectivity index (χ0v) is 15.5. The summed E-state index contributed by atoms with van der Waals surface area (Å²) in [6.07, 6.45) is 1.15. The van der Waals surface area contributed by atoms with Crippen LogP contribution in [-0.4, -0.2) is 5.11 Å². The third-order valence-electron chi connectivity index (χ3n) is 4.27. The van der Waals surface area contributed by atoms with Crippen molar-refractivity contribution in [3.05, 3.63) is 58.7 Å². The third kappa shape index (κ3) is 4.55. The number of rotatable bonds is 4. The topological polar surface area (TPSA) is 24.1 Å². The summed E-state index contributed by atoms with van der Waals surface area (Å²) >= 11 is 5.46. The SMILES string of the molecule is CCC(C)c1ccc(NC(=S)Nc2c(C)cc(C)cc2C)cc1. The van der Waals surface area contributed by atoms with Gasteiger partial charge in [0.25, 0.3) is 0 Å². The maximum Gasteiger partial charge on any atom is 0.175 e. The number of thiocarbonyl (C=S) groups is 1. The molecule has 0 amide bonds. The number of hydrogen-bond acceptors (Lipinski definition) is 1. The first-order valence-corrected chi connectivity index (χ1v) is 8.57. The molecule has 0 heterocycles. The van der Waals surface area contributed by atoms with E-state index >= 15 is 0 Å². The van der Waals surface area contributed by atoms with E-state index in [4.69, 9.17) is 12.2 Å². The van der Waals surface area contributed by atoms with Crippen LogP contribution >= 0.6 is 12.2 Å². The molecule has 0 aliphatic rings. The van der Waals surface area contributed by atoms with Crippen molar-refractivity contribution in [1.29, 1.82) is 0 Å². The molecule has 2 rings (SSSR count). The average Bonchev–Trinajstić information content (AvgIpc) is 2.51. The molecule has 122 valence electrons. The van der Waals surface area contributed by atoms with Crippen molar-refractivity contribution in [2.24, 2.45) is 0 Å². The van der Waals surface area contributed by atoms with E-state index in [1.54, 1.807) is 0 Å². The summed E-state index contributed by atoms with van der Waals surface area (Å²) in [7, 11) is 0. The maximum atomic E-state index is 5.46. The van der Waals surface area contributed by atoms with Crippen LogP contribution < -0.4 is 10.6 Å². The monoisotopic (exact) mass is 326 g/mol. The van der Waals surface area contributed by atoms with Crippen LogP contribution in [0, 0.1) is 20.8 Å². The Morgan fingerprint density at radius 2 is 1.57 bits per heavy atom. The molecule has 0 bridgehead atoms. The predicted molar refractivity (Wildman–Crippen MR) is 106 cm³/mol. The normalized spacial score (nSPS) is 11.9. The van der Waals surface area contributed by atoms with Crippen LogP contribution in [0.25, 0.3) is 0 Å². The van der Waals surface area contributed by atoms with Crippen LogP contribution in [0.5, 0.6) is 0 Å². The highest BCUT2D eigenvalue weighted by atomic mass is 32.1. The standard InChI is InChI=1S/C20H26N2S/c1-6-14(3)17-7-9-18(10-8-17)21-20(23)22-19-15(4)11-13(2)12-16(19)5/h7-12,14H,6H2,1-5H3,(H2,21,22,23). The van der Waals surface area contributed by atoms with E-state index in [-0.39, 0.29) is 0 Å². The van der Waals surface area contributed by atoms with Crippen LogP contribution in [0.4, 0.5) is 11.4 Å². The van der Waals surface area contributed by atoms with Gasteiger partial charge in [0.15, 0.2) is 5.11 Å². The predicted octanol–water partition coefficient (Wildman–Crippen LogP) is 5.93. The lowest BCUT2D eigenvalue weighted by molar-refractivity contribution is 0.734. The summed E-state index contributed by atoms with van der Waals surface area (Å²) in [5, 5.41) is 7.21. The number of aryl methyl sites for hydroxylation is 3. The lowest BCUT2D eigenvalue weighted by Crippen LogP contribution is -2.20. The van der Waals surface area contributed by atoms with Gasteiger partial charge >= 0.3 is 0 Å². The fourth-order valence-corrected chi connectivity index (χ4v) is 3.00. The summed E-state index contributed by atoms with van der Waals surface area (Å²) in [5.74, 6) is 0.590. The molecular formula is C20H26N2S. The van der Waals surface area contributed by atoms with Gasteiger partial charge in [0.1, 0.15) is 0 Å². The first-order chi connectivity index (χ1) is 10.9. The van der Waals surface area contributed by atoms with Gasteiger partial charge in [0.05, 0.1) is 0 Å². The first kappa shape index (κ1) is 17.5. The van der Waals surface area contributed by atoms with E-state index in [2.05, 4.69) is 81.7 Å². The number of nitrogens with one attached hydrogen (secondary N) is 2. The molecule has 0 aliphatic carbocycles. The molecule has 0 radical (unpaired) electrons. The molecular weight excluding hydrogens is 300 g/mol. The van der Waals surface area contributed by atoms with Crippen molar-refractivity contribution >= 4 is 28.7 Å². The Morgan fingerprint density at radius 3 is 2.09 bits per heavy atom. The van der Waals surface area contributed by atoms with Gasteiger partial charge in [0.2, 0.25) is 0 Å². The fraction of sp³-hybridized carbons (Fsp3) is 0.350. The Kier molecular flexibility index (Phi) is 5.78. The van der Waals surface area contributed by atoms with Gasteiger partial charge < -0.3 is 10.6 Å². The Bertz CT molecular complexity index is 666.